The second-order valence-electron chi connectivity index (χ2n) is 4.66. The minimum atomic E-state index is 0.302. The molecule has 94 valence electrons. The first-order valence-electron chi connectivity index (χ1n) is 6.51. The van der Waals surface area contributed by atoms with Gasteiger partial charge in [0.2, 0.25) is 5.88 Å². The van der Waals surface area contributed by atoms with E-state index in [-0.39, 0.29) is 0 Å². The van der Waals surface area contributed by atoms with Gasteiger partial charge in [-0.3, -0.25) is 4.98 Å². The molecule has 2 N–H and O–H groups in total. The lowest BCUT2D eigenvalue weighted by Gasteiger charge is -2.30. The largest absolute Gasteiger partial charge is 0.473 e. The first-order chi connectivity index (χ1) is 8.33. The third-order valence-electron chi connectivity index (χ3n) is 3.51. The Balaban J connectivity index is 2.02. The van der Waals surface area contributed by atoms with Crippen LogP contribution in [0.4, 0.5) is 0 Å². The fourth-order valence-electron chi connectivity index (χ4n) is 2.49. The summed E-state index contributed by atoms with van der Waals surface area (Å²) in [5.74, 6) is 1.28. The summed E-state index contributed by atoms with van der Waals surface area (Å²) in [6, 6.07) is 0. The normalized spacial score (nSPS) is 24.6. The van der Waals surface area contributed by atoms with Crippen molar-refractivity contribution in [1.29, 1.82) is 0 Å². The van der Waals surface area contributed by atoms with Crippen LogP contribution in [0.25, 0.3) is 0 Å². The highest BCUT2D eigenvalue weighted by Gasteiger charge is 2.25. The monoisotopic (exact) mass is 235 g/mol. The standard InChI is InChI=1S/C13H21N3O/c1-2-10-5-3-4-6-12(10)17-13-9-15-8-11(7-14)16-13/h8-10,12H,2-7,14H2,1H3. The SMILES string of the molecule is CCC1CCCCC1Oc1cncc(CN)n1. The topological polar surface area (TPSA) is 61.0 Å². The molecule has 2 atom stereocenters. The van der Waals surface area contributed by atoms with E-state index in [1.165, 1.54) is 25.7 Å². The van der Waals surface area contributed by atoms with E-state index in [4.69, 9.17) is 10.5 Å². The summed E-state index contributed by atoms with van der Waals surface area (Å²) in [6.45, 7) is 2.64. The molecule has 4 heteroatoms. The van der Waals surface area contributed by atoms with Crippen LogP contribution in [-0.2, 0) is 6.54 Å². The number of nitrogens with two attached hydrogens (primary N) is 1. The number of nitrogens with zero attached hydrogens (tertiary/aromatic N) is 2. The minimum Gasteiger partial charge on any atom is -0.473 e. The van der Waals surface area contributed by atoms with Gasteiger partial charge in [0.05, 0.1) is 11.9 Å². The van der Waals surface area contributed by atoms with Gasteiger partial charge in [0.1, 0.15) is 6.10 Å². The molecule has 2 rings (SSSR count). The fraction of sp³-hybridized carbons (Fsp3) is 0.692. The fourth-order valence-corrected chi connectivity index (χ4v) is 2.49. The second kappa shape index (κ2) is 5.96. The molecule has 1 aromatic heterocycles. The number of rotatable bonds is 4. The summed E-state index contributed by atoms with van der Waals surface area (Å²) in [5.41, 5.74) is 6.33. The maximum absolute atomic E-state index is 5.97. The Kier molecular flexibility index (Phi) is 4.31. The van der Waals surface area contributed by atoms with Crippen molar-refractivity contribution in [2.75, 3.05) is 0 Å². The molecule has 0 amide bonds. The van der Waals surface area contributed by atoms with Crippen LogP contribution < -0.4 is 10.5 Å². The molecule has 1 heterocycles. The second-order valence-corrected chi connectivity index (χ2v) is 4.66. The number of aromatic nitrogens is 2. The molecule has 1 saturated carbocycles. The van der Waals surface area contributed by atoms with Crippen molar-refractivity contribution in [1.82, 2.24) is 9.97 Å². The Bertz CT molecular complexity index is 356. The van der Waals surface area contributed by atoms with E-state index < -0.39 is 0 Å². The van der Waals surface area contributed by atoms with Crippen molar-refractivity contribution < 1.29 is 4.74 Å². The number of hydrogen-bond donors (Lipinski definition) is 1. The van der Waals surface area contributed by atoms with Crippen LogP contribution in [0.1, 0.15) is 44.7 Å². The van der Waals surface area contributed by atoms with E-state index in [9.17, 15) is 0 Å². The van der Waals surface area contributed by atoms with Crippen LogP contribution in [0.5, 0.6) is 5.88 Å². The van der Waals surface area contributed by atoms with Gasteiger partial charge in [0.15, 0.2) is 0 Å². The summed E-state index contributed by atoms with van der Waals surface area (Å²) >= 11 is 0. The van der Waals surface area contributed by atoms with E-state index >= 15 is 0 Å². The Morgan fingerprint density at radius 1 is 1.35 bits per heavy atom. The van der Waals surface area contributed by atoms with Crippen molar-refractivity contribution in [3.8, 4) is 5.88 Å². The van der Waals surface area contributed by atoms with E-state index in [1.807, 2.05) is 0 Å². The van der Waals surface area contributed by atoms with E-state index in [1.54, 1.807) is 12.4 Å². The molecule has 17 heavy (non-hydrogen) atoms. The van der Waals surface area contributed by atoms with Gasteiger partial charge in [0, 0.05) is 12.7 Å². The molecular weight excluding hydrogens is 214 g/mol. The van der Waals surface area contributed by atoms with Gasteiger partial charge in [-0.25, -0.2) is 4.98 Å². The first kappa shape index (κ1) is 12.3. The molecule has 0 aromatic carbocycles. The minimum absolute atomic E-state index is 0.302. The van der Waals surface area contributed by atoms with Crippen LogP contribution in [0.3, 0.4) is 0 Å². The van der Waals surface area contributed by atoms with Crippen LogP contribution in [0.15, 0.2) is 12.4 Å². The molecule has 1 aliphatic carbocycles. The molecule has 0 radical (unpaired) electrons. The smallest absolute Gasteiger partial charge is 0.232 e. The van der Waals surface area contributed by atoms with Crippen molar-refractivity contribution in [3.05, 3.63) is 18.1 Å². The molecule has 0 saturated heterocycles. The third kappa shape index (κ3) is 3.16. The highest BCUT2D eigenvalue weighted by molar-refractivity contribution is 5.08. The Hall–Kier alpha value is -1.16. The van der Waals surface area contributed by atoms with E-state index in [2.05, 4.69) is 16.9 Å². The lowest BCUT2D eigenvalue weighted by molar-refractivity contribution is 0.0852. The van der Waals surface area contributed by atoms with Crippen LogP contribution in [0.2, 0.25) is 0 Å². The Morgan fingerprint density at radius 2 is 2.18 bits per heavy atom. The average Bonchev–Trinajstić information content (AvgIpc) is 2.39. The zero-order chi connectivity index (χ0) is 12.1. The third-order valence-corrected chi connectivity index (χ3v) is 3.51. The summed E-state index contributed by atoms with van der Waals surface area (Å²) < 4.78 is 5.97. The molecule has 4 nitrogen and oxygen atoms in total. The van der Waals surface area contributed by atoms with Crippen LogP contribution >= 0.6 is 0 Å². The van der Waals surface area contributed by atoms with Crippen LogP contribution in [-0.4, -0.2) is 16.1 Å². The molecule has 1 fully saturated rings. The van der Waals surface area contributed by atoms with Crippen molar-refractivity contribution in [2.24, 2.45) is 11.7 Å². The van der Waals surface area contributed by atoms with Gasteiger partial charge < -0.3 is 10.5 Å². The quantitative estimate of drug-likeness (QED) is 0.869. The predicted molar refractivity (Wildman–Crippen MR) is 66.6 cm³/mol. The van der Waals surface area contributed by atoms with E-state index in [0.717, 1.165) is 12.1 Å². The highest BCUT2D eigenvalue weighted by Crippen LogP contribution is 2.29. The predicted octanol–water partition coefficient (Wildman–Crippen LogP) is 2.28. The van der Waals surface area contributed by atoms with E-state index in [0.29, 0.717) is 24.4 Å². The van der Waals surface area contributed by atoms with Gasteiger partial charge in [0.25, 0.3) is 0 Å². The number of ether oxygens (including phenoxy) is 1. The molecule has 2 unspecified atom stereocenters. The summed E-state index contributed by atoms with van der Waals surface area (Å²) in [6.07, 6.45) is 9.83. The van der Waals surface area contributed by atoms with Gasteiger partial charge >= 0.3 is 0 Å². The van der Waals surface area contributed by atoms with Crippen molar-refractivity contribution >= 4 is 0 Å². The van der Waals surface area contributed by atoms with Gasteiger partial charge in [-0.1, -0.05) is 13.3 Å². The zero-order valence-corrected chi connectivity index (χ0v) is 10.4. The van der Waals surface area contributed by atoms with Crippen molar-refractivity contribution in [2.45, 2.75) is 51.7 Å². The molecule has 0 bridgehead atoms. The summed E-state index contributed by atoms with van der Waals surface area (Å²) in [4.78, 5) is 8.45. The molecule has 0 aliphatic heterocycles. The summed E-state index contributed by atoms with van der Waals surface area (Å²) in [5, 5.41) is 0. The molecule has 1 aliphatic rings. The van der Waals surface area contributed by atoms with Gasteiger partial charge in [-0.15, -0.1) is 0 Å². The maximum Gasteiger partial charge on any atom is 0.232 e. The maximum atomic E-state index is 5.97. The lowest BCUT2D eigenvalue weighted by Crippen LogP contribution is -2.30. The Morgan fingerprint density at radius 3 is 2.94 bits per heavy atom. The molecule has 0 spiro atoms. The average molecular weight is 235 g/mol. The lowest BCUT2D eigenvalue weighted by atomic mass is 9.85. The van der Waals surface area contributed by atoms with Gasteiger partial charge in [-0.2, -0.15) is 0 Å². The zero-order valence-electron chi connectivity index (χ0n) is 10.4. The highest BCUT2D eigenvalue weighted by atomic mass is 16.5. The first-order valence-corrected chi connectivity index (χ1v) is 6.51. The van der Waals surface area contributed by atoms with Crippen LogP contribution in [0, 0.1) is 5.92 Å². The molecular formula is C13H21N3O. The Labute approximate surface area is 103 Å². The van der Waals surface area contributed by atoms with Crippen molar-refractivity contribution in [3.63, 3.8) is 0 Å². The van der Waals surface area contributed by atoms with Gasteiger partial charge in [-0.05, 0) is 31.6 Å². The summed E-state index contributed by atoms with van der Waals surface area (Å²) in [7, 11) is 0. The number of hydrogen-bond acceptors (Lipinski definition) is 4. The molecule has 1 aromatic rings.